The number of hydrogen-bond donors (Lipinski definition) is 1. The highest BCUT2D eigenvalue weighted by Crippen LogP contribution is 3.05. The van der Waals surface area contributed by atoms with Gasteiger partial charge in [0.05, 0.1) is 13.1 Å². The highest BCUT2D eigenvalue weighted by molar-refractivity contribution is 5.78. The second kappa shape index (κ2) is 3.63. The Morgan fingerprint density at radius 3 is 2.43 bits per heavy atom. The molecule has 0 bridgehead atoms. The number of nitrogens with one attached hydrogen (secondary N) is 1. The van der Waals surface area contributed by atoms with Crippen LogP contribution in [0.5, 0.6) is 0 Å². The molecule has 1 aromatic heterocycles. The Morgan fingerprint density at radius 1 is 1.22 bits per heavy atom. The average molecular weight is 313 g/mol. The first-order chi connectivity index (χ1) is 11.1. The molecule has 1 N–H and O–H groups in total. The molecular weight excluding hydrogens is 290 g/mol. The van der Waals surface area contributed by atoms with Crippen molar-refractivity contribution in [3.05, 3.63) is 11.6 Å². The maximum atomic E-state index is 12.3. The van der Waals surface area contributed by atoms with Gasteiger partial charge in [0.25, 0.3) is 0 Å². The Bertz CT molecular complexity index is 689. The molecule has 1 aromatic rings. The van der Waals surface area contributed by atoms with Crippen molar-refractivity contribution in [2.24, 2.45) is 53.9 Å². The van der Waals surface area contributed by atoms with Gasteiger partial charge in [-0.3, -0.25) is 9.69 Å². The summed E-state index contributed by atoms with van der Waals surface area (Å²) in [5, 5.41) is 11.5. The lowest BCUT2D eigenvalue weighted by molar-refractivity contribution is -0.612. The maximum Gasteiger partial charge on any atom is 0.234 e. The average Bonchev–Trinajstić information content (AvgIpc) is 2.85. The minimum atomic E-state index is 0.153. The van der Waals surface area contributed by atoms with Gasteiger partial charge in [0.2, 0.25) is 5.91 Å². The second-order valence-electron chi connectivity index (χ2n) is 8.67. The van der Waals surface area contributed by atoms with E-state index >= 15 is 0 Å². The SMILES string of the molecule is Cc1nnc(CN(C)CC(=O)NCC23C4C5C6C4C2C6C53)n1C. The first-order valence-corrected chi connectivity index (χ1v) is 8.86. The molecule has 0 unspecified atom stereocenters. The van der Waals surface area contributed by atoms with Crippen LogP contribution in [-0.4, -0.2) is 45.7 Å². The van der Waals surface area contributed by atoms with Crippen molar-refractivity contribution in [1.82, 2.24) is 25.0 Å². The molecule has 0 saturated heterocycles. The summed E-state index contributed by atoms with van der Waals surface area (Å²) < 4.78 is 1.98. The molecule has 7 rings (SSSR count). The molecule has 6 nitrogen and oxygen atoms in total. The first-order valence-electron chi connectivity index (χ1n) is 8.86. The monoisotopic (exact) mass is 313 g/mol. The Balaban J connectivity index is 1.03. The smallest absolute Gasteiger partial charge is 0.234 e. The van der Waals surface area contributed by atoms with Crippen LogP contribution in [0.2, 0.25) is 0 Å². The highest BCUT2D eigenvalue weighted by Gasteiger charge is 3.03. The number of likely N-dealkylation sites (N-methyl/N-ethyl adjacent to an activating group) is 1. The number of carbonyl (C=O) groups excluding carboxylic acids is 1. The van der Waals surface area contributed by atoms with E-state index in [-0.39, 0.29) is 5.91 Å². The molecular formula is C17H23N5O. The zero-order chi connectivity index (χ0) is 15.7. The van der Waals surface area contributed by atoms with Crippen molar-refractivity contribution in [3.8, 4) is 0 Å². The fraction of sp³-hybridized carbons (Fsp3) is 0.824. The molecule has 6 aliphatic rings. The van der Waals surface area contributed by atoms with Crippen LogP contribution in [0.25, 0.3) is 0 Å². The van der Waals surface area contributed by atoms with Crippen LogP contribution in [0.15, 0.2) is 0 Å². The van der Waals surface area contributed by atoms with Gasteiger partial charge in [-0.1, -0.05) is 0 Å². The van der Waals surface area contributed by atoms with Crippen LogP contribution < -0.4 is 5.32 Å². The molecule has 23 heavy (non-hydrogen) atoms. The van der Waals surface area contributed by atoms with Crippen molar-refractivity contribution < 1.29 is 4.79 Å². The fourth-order valence-corrected chi connectivity index (χ4v) is 7.46. The molecule has 0 radical (unpaired) electrons. The molecule has 122 valence electrons. The van der Waals surface area contributed by atoms with Crippen molar-refractivity contribution >= 4 is 5.91 Å². The van der Waals surface area contributed by atoms with Crippen LogP contribution in [0, 0.1) is 53.8 Å². The van der Waals surface area contributed by atoms with Crippen molar-refractivity contribution in [1.29, 1.82) is 0 Å². The van der Waals surface area contributed by atoms with E-state index in [2.05, 4.69) is 15.5 Å². The van der Waals surface area contributed by atoms with Gasteiger partial charge >= 0.3 is 0 Å². The third-order valence-electron chi connectivity index (χ3n) is 8.28. The van der Waals surface area contributed by atoms with Gasteiger partial charge < -0.3 is 9.88 Å². The van der Waals surface area contributed by atoms with E-state index < -0.39 is 0 Å². The summed E-state index contributed by atoms with van der Waals surface area (Å²) in [6.07, 6.45) is 0. The number of carbonyl (C=O) groups is 1. The highest BCUT2D eigenvalue weighted by atomic mass is 16.2. The lowest BCUT2D eigenvalue weighted by atomic mass is 8.96. The molecule has 0 spiro atoms. The number of amides is 1. The summed E-state index contributed by atoms with van der Waals surface area (Å²) in [6, 6.07) is 0. The summed E-state index contributed by atoms with van der Waals surface area (Å²) in [6.45, 7) is 3.96. The fourth-order valence-electron chi connectivity index (χ4n) is 7.46. The molecule has 0 atom stereocenters. The normalized spacial score (nSPS) is 48.6. The molecule has 1 amide bonds. The van der Waals surface area contributed by atoms with Crippen molar-refractivity contribution in [2.45, 2.75) is 13.5 Å². The quantitative estimate of drug-likeness (QED) is 0.805. The van der Waals surface area contributed by atoms with Gasteiger partial charge in [0, 0.05) is 13.6 Å². The molecule has 6 aliphatic carbocycles. The molecule has 6 fully saturated rings. The topological polar surface area (TPSA) is 63.1 Å². The van der Waals surface area contributed by atoms with E-state index in [1.807, 2.05) is 30.5 Å². The van der Waals surface area contributed by atoms with Gasteiger partial charge in [0.15, 0.2) is 0 Å². The zero-order valence-corrected chi connectivity index (χ0v) is 13.9. The van der Waals surface area contributed by atoms with Crippen molar-refractivity contribution in [2.75, 3.05) is 20.1 Å². The van der Waals surface area contributed by atoms with Gasteiger partial charge in [-0.15, -0.1) is 10.2 Å². The summed E-state index contributed by atoms with van der Waals surface area (Å²) in [5.74, 6) is 9.40. The molecule has 0 aliphatic heterocycles. The lowest BCUT2D eigenvalue weighted by Crippen LogP contribution is -3.06. The van der Waals surface area contributed by atoms with Crippen LogP contribution in [0.4, 0.5) is 0 Å². The number of rotatable bonds is 6. The Labute approximate surface area is 135 Å². The Morgan fingerprint density at radius 2 is 1.87 bits per heavy atom. The van der Waals surface area contributed by atoms with Crippen molar-refractivity contribution in [3.63, 3.8) is 0 Å². The summed E-state index contributed by atoms with van der Waals surface area (Å²) in [4.78, 5) is 14.3. The van der Waals surface area contributed by atoms with E-state index in [1.54, 1.807) is 0 Å². The number of nitrogens with zero attached hydrogens (tertiary/aromatic N) is 4. The van der Waals surface area contributed by atoms with Gasteiger partial charge in [-0.2, -0.15) is 0 Å². The van der Waals surface area contributed by atoms with Gasteiger partial charge in [-0.05, 0) is 60.8 Å². The van der Waals surface area contributed by atoms with Crippen LogP contribution in [0.1, 0.15) is 11.6 Å². The second-order valence-corrected chi connectivity index (χ2v) is 8.67. The summed E-state index contributed by atoms with van der Waals surface area (Å²) in [5.41, 5.74) is 0.573. The maximum absolute atomic E-state index is 12.3. The zero-order valence-electron chi connectivity index (χ0n) is 13.9. The molecule has 6 heteroatoms. The van der Waals surface area contributed by atoms with E-state index in [9.17, 15) is 4.79 Å². The number of hydrogen-bond acceptors (Lipinski definition) is 4. The van der Waals surface area contributed by atoms with E-state index in [0.717, 1.165) is 59.6 Å². The Hall–Kier alpha value is -1.43. The third-order valence-corrected chi connectivity index (χ3v) is 8.28. The summed E-state index contributed by atoms with van der Waals surface area (Å²) in [7, 11) is 3.93. The Kier molecular flexibility index (Phi) is 2.04. The standard InChI is InChI=1S/C17H23N5O/c1-7-19-20-8(22(7)3)4-21(2)5-9(23)18-6-17-14-11-10-12(14)16(17)13(10)15(11)17/h10-16H,4-6H2,1-3H3,(H,18,23). The number of aromatic nitrogens is 3. The van der Waals surface area contributed by atoms with E-state index in [1.165, 1.54) is 0 Å². The van der Waals surface area contributed by atoms with Crippen LogP contribution in [-0.2, 0) is 18.4 Å². The minimum Gasteiger partial charge on any atom is -0.354 e. The largest absolute Gasteiger partial charge is 0.354 e. The first kappa shape index (κ1) is 12.9. The van der Waals surface area contributed by atoms with E-state index in [4.69, 9.17) is 0 Å². The predicted octanol–water partition coefficient (Wildman–Crippen LogP) is 0.0393. The summed E-state index contributed by atoms with van der Waals surface area (Å²) >= 11 is 0. The minimum absolute atomic E-state index is 0.153. The third kappa shape index (κ3) is 1.12. The number of aryl methyl sites for hydroxylation is 1. The van der Waals surface area contributed by atoms with Crippen LogP contribution >= 0.6 is 0 Å². The molecule has 0 aromatic carbocycles. The van der Waals surface area contributed by atoms with E-state index in [0.29, 0.717) is 18.5 Å². The van der Waals surface area contributed by atoms with Gasteiger partial charge in [-0.25, -0.2) is 0 Å². The molecule has 6 saturated carbocycles. The lowest BCUT2D eigenvalue weighted by Gasteiger charge is -3.08. The van der Waals surface area contributed by atoms with Crippen LogP contribution in [0.3, 0.4) is 0 Å². The molecule has 1 heterocycles. The van der Waals surface area contributed by atoms with Gasteiger partial charge in [0.1, 0.15) is 11.6 Å². The predicted molar refractivity (Wildman–Crippen MR) is 81.9 cm³/mol.